The molecule has 2 aromatic rings. The molecule has 0 radical (unpaired) electrons. The van der Waals surface area contributed by atoms with E-state index in [1.54, 1.807) is 12.1 Å². The molecule has 1 N–H and O–H groups in total. The molecule has 2 amide bonds. The number of carbonyl (C=O) groups is 2. The van der Waals surface area contributed by atoms with Crippen molar-refractivity contribution in [3.8, 4) is 0 Å². The molecule has 2 aromatic carbocycles. The molecule has 0 unspecified atom stereocenters. The molecule has 118 valence electrons. The average Bonchev–Trinajstić information content (AvgIpc) is 2.74. The normalized spacial score (nSPS) is 17.7. The van der Waals surface area contributed by atoms with Crippen molar-refractivity contribution in [3.63, 3.8) is 0 Å². The lowest BCUT2D eigenvalue weighted by atomic mass is 10.1. The number of nitrogens with one attached hydrogen (secondary N) is 1. The second kappa shape index (κ2) is 6.16. The van der Waals surface area contributed by atoms with E-state index in [4.69, 9.17) is 0 Å². The van der Waals surface area contributed by atoms with Gasteiger partial charge in [0.05, 0.1) is 12.1 Å². The van der Waals surface area contributed by atoms with Crippen LogP contribution in [-0.2, 0) is 9.59 Å². The van der Waals surface area contributed by atoms with Crippen LogP contribution in [0.3, 0.4) is 0 Å². The average molecular weight is 373 g/mol. The third kappa shape index (κ3) is 3.29. The number of hydrogen-bond acceptors (Lipinski definition) is 3. The number of amides is 2. The highest BCUT2D eigenvalue weighted by molar-refractivity contribution is 9.10. The molecule has 1 saturated heterocycles. The fraction of sp³-hybridized carbons (Fsp3) is 0.222. The van der Waals surface area contributed by atoms with Crippen LogP contribution in [0.4, 0.5) is 11.4 Å². The van der Waals surface area contributed by atoms with Gasteiger partial charge in [0.25, 0.3) is 5.91 Å². The summed E-state index contributed by atoms with van der Waals surface area (Å²) in [6.07, 6.45) is 0.169. The van der Waals surface area contributed by atoms with Crippen molar-refractivity contribution >= 4 is 39.1 Å². The van der Waals surface area contributed by atoms with Crippen LogP contribution in [0.5, 0.6) is 0 Å². The van der Waals surface area contributed by atoms with Crippen LogP contribution in [0, 0.1) is 13.8 Å². The van der Waals surface area contributed by atoms with Gasteiger partial charge in [0.15, 0.2) is 0 Å². The van der Waals surface area contributed by atoms with Crippen molar-refractivity contribution in [2.45, 2.75) is 26.3 Å². The molecule has 23 heavy (non-hydrogen) atoms. The minimum atomic E-state index is -0.521. The highest BCUT2D eigenvalue weighted by atomic mass is 79.9. The Balaban J connectivity index is 1.82. The number of carbonyl (C=O) groups excluding carboxylic acids is 2. The van der Waals surface area contributed by atoms with Crippen LogP contribution in [0.15, 0.2) is 46.9 Å². The molecule has 1 fully saturated rings. The van der Waals surface area contributed by atoms with Gasteiger partial charge in [-0.15, -0.1) is 0 Å². The van der Waals surface area contributed by atoms with Crippen molar-refractivity contribution in [3.05, 3.63) is 58.1 Å². The standard InChI is InChI=1S/C18H17BrN2O2/c1-11-7-12(2)9-14(8-11)20-16-10-17(22)21(18(16)23)15-5-3-13(19)4-6-15/h3-9,16,20H,10H2,1-2H3/t16-/m1/s1. The van der Waals surface area contributed by atoms with E-state index in [2.05, 4.69) is 27.3 Å². The van der Waals surface area contributed by atoms with Gasteiger partial charge in [-0.25, -0.2) is 4.90 Å². The van der Waals surface area contributed by atoms with Crippen LogP contribution in [-0.4, -0.2) is 17.9 Å². The first-order valence-electron chi connectivity index (χ1n) is 7.41. The van der Waals surface area contributed by atoms with Gasteiger partial charge in [-0.1, -0.05) is 22.0 Å². The van der Waals surface area contributed by atoms with E-state index < -0.39 is 6.04 Å². The van der Waals surface area contributed by atoms with Gasteiger partial charge in [-0.2, -0.15) is 0 Å². The fourth-order valence-corrected chi connectivity index (χ4v) is 3.13. The lowest BCUT2D eigenvalue weighted by Gasteiger charge is -2.16. The molecule has 0 aliphatic carbocycles. The molecule has 0 bridgehead atoms. The van der Waals surface area contributed by atoms with Crippen LogP contribution < -0.4 is 10.2 Å². The third-order valence-electron chi connectivity index (χ3n) is 3.79. The van der Waals surface area contributed by atoms with Gasteiger partial charge in [-0.05, 0) is 61.4 Å². The number of halogens is 1. The van der Waals surface area contributed by atoms with Crippen LogP contribution in [0.25, 0.3) is 0 Å². The Morgan fingerprint density at radius 2 is 1.65 bits per heavy atom. The highest BCUT2D eigenvalue weighted by Crippen LogP contribution is 2.26. The molecule has 1 heterocycles. The van der Waals surface area contributed by atoms with E-state index in [1.165, 1.54) is 4.90 Å². The molecular formula is C18H17BrN2O2. The number of nitrogens with zero attached hydrogens (tertiary/aromatic N) is 1. The first-order chi connectivity index (χ1) is 10.9. The number of hydrogen-bond donors (Lipinski definition) is 1. The van der Waals surface area contributed by atoms with Crippen LogP contribution in [0.2, 0.25) is 0 Å². The number of benzene rings is 2. The van der Waals surface area contributed by atoms with Gasteiger partial charge >= 0.3 is 0 Å². The van der Waals surface area contributed by atoms with Gasteiger partial charge in [0.2, 0.25) is 5.91 Å². The Morgan fingerprint density at radius 1 is 1.04 bits per heavy atom. The zero-order valence-corrected chi connectivity index (χ0v) is 14.6. The molecule has 1 aliphatic rings. The number of aryl methyl sites for hydroxylation is 2. The quantitative estimate of drug-likeness (QED) is 0.833. The maximum absolute atomic E-state index is 12.6. The summed E-state index contributed by atoms with van der Waals surface area (Å²) in [4.78, 5) is 26.1. The third-order valence-corrected chi connectivity index (χ3v) is 4.32. The Labute approximate surface area is 143 Å². The molecule has 0 aromatic heterocycles. The van der Waals surface area contributed by atoms with Crippen molar-refractivity contribution in [1.82, 2.24) is 0 Å². The van der Waals surface area contributed by atoms with Gasteiger partial charge in [0, 0.05) is 10.2 Å². The fourth-order valence-electron chi connectivity index (χ4n) is 2.87. The Bertz CT molecular complexity index is 751. The monoisotopic (exact) mass is 372 g/mol. The Hall–Kier alpha value is -2.14. The second-order valence-corrected chi connectivity index (χ2v) is 6.74. The predicted octanol–water partition coefficient (Wildman–Crippen LogP) is 3.81. The SMILES string of the molecule is Cc1cc(C)cc(N[C@@H]2CC(=O)N(c3ccc(Br)cc3)C2=O)c1. The first kappa shape index (κ1) is 15.7. The summed E-state index contributed by atoms with van der Waals surface area (Å²) in [5, 5.41) is 3.19. The predicted molar refractivity (Wildman–Crippen MR) is 94.6 cm³/mol. The minimum Gasteiger partial charge on any atom is -0.373 e. The lowest BCUT2D eigenvalue weighted by Crippen LogP contribution is -2.34. The van der Waals surface area contributed by atoms with E-state index in [1.807, 2.05) is 38.1 Å². The van der Waals surface area contributed by atoms with E-state index in [0.29, 0.717) is 5.69 Å². The van der Waals surface area contributed by atoms with Gasteiger partial charge < -0.3 is 5.32 Å². The molecule has 3 rings (SSSR count). The van der Waals surface area contributed by atoms with E-state index in [-0.39, 0.29) is 18.2 Å². The first-order valence-corrected chi connectivity index (χ1v) is 8.20. The summed E-state index contributed by atoms with van der Waals surface area (Å²) in [5.41, 5.74) is 3.71. The summed E-state index contributed by atoms with van der Waals surface area (Å²) >= 11 is 3.35. The minimum absolute atomic E-state index is 0.169. The summed E-state index contributed by atoms with van der Waals surface area (Å²) in [6, 6.07) is 12.7. The molecule has 0 saturated carbocycles. The Morgan fingerprint density at radius 3 is 2.26 bits per heavy atom. The van der Waals surface area contributed by atoms with Crippen molar-refractivity contribution in [2.24, 2.45) is 0 Å². The summed E-state index contributed by atoms with van der Waals surface area (Å²) in [5.74, 6) is -0.393. The number of rotatable bonds is 3. The van der Waals surface area contributed by atoms with Crippen molar-refractivity contribution in [2.75, 3.05) is 10.2 Å². The van der Waals surface area contributed by atoms with E-state index in [9.17, 15) is 9.59 Å². The topological polar surface area (TPSA) is 49.4 Å². The molecule has 0 spiro atoms. The van der Waals surface area contributed by atoms with Crippen LogP contribution in [0.1, 0.15) is 17.5 Å². The summed E-state index contributed by atoms with van der Waals surface area (Å²) < 4.78 is 0.908. The maximum Gasteiger partial charge on any atom is 0.256 e. The molecule has 1 aliphatic heterocycles. The smallest absolute Gasteiger partial charge is 0.256 e. The summed E-state index contributed by atoms with van der Waals surface area (Å²) in [6.45, 7) is 4.02. The van der Waals surface area contributed by atoms with Crippen molar-refractivity contribution in [1.29, 1.82) is 0 Å². The summed E-state index contributed by atoms with van der Waals surface area (Å²) in [7, 11) is 0. The van der Waals surface area contributed by atoms with E-state index in [0.717, 1.165) is 21.3 Å². The molecule has 4 nitrogen and oxygen atoms in total. The number of imide groups is 1. The Kier molecular flexibility index (Phi) is 4.22. The van der Waals surface area contributed by atoms with E-state index >= 15 is 0 Å². The molecule has 1 atom stereocenters. The number of anilines is 2. The largest absolute Gasteiger partial charge is 0.373 e. The van der Waals surface area contributed by atoms with Crippen molar-refractivity contribution < 1.29 is 9.59 Å². The second-order valence-electron chi connectivity index (χ2n) is 5.82. The zero-order chi connectivity index (χ0) is 16.6. The maximum atomic E-state index is 12.6. The van der Waals surface area contributed by atoms with Crippen LogP contribution >= 0.6 is 15.9 Å². The highest BCUT2D eigenvalue weighted by Gasteiger charge is 2.39. The lowest BCUT2D eigenvalue weighted by molar-refractivity contribution is -0.121. The van der Waals surface area contributed by atoms with Gasteiger partial charge in [-0.3, -0.25) is 9.59 Å². The molecule has 5 heteroatoms. The van der Waals surface area contributed by atoms with Gasteiger partial charge in [0.1, 0.15) is 6.04 Å². The zero-order valence-electron chi connectivity index (χ0n) is 13.0. The molecular weight excluding hydrogens is 356 g/mol.